The molecule has 0 aromatic heterocycles. The second-order valence-corrected chi connectivity index (χ2v) is 2.56. The number of nitrogens with two attached hydrogens (primary N) is 1. The Bertz CT molecular complexity index is 244. The molecule has 1 atom stereocenters. The van der Waals surface area contributed by atoms with Crippen molar-refractivity contribution in [2.24, 2.45) is 5.73 Å². The Hall–Kier alpha value is -1.09. The normalized spacial score (nSPS) is 21.5. The van der Waals surface area contributed by atoms with E-state index in [1.54, 1.807) is 7.11 Å². The third-order valence-corrected chi connectivity index (χ3v) is 1.54. The zero-order valence-electron chi connectivity index (χ0n) is 7.45. The summed E-state index contributed by atoms with van der Waals surface area (Å²) < 4.78 is 4.71. The number of hydrogen-bond acceptors (Lipinski definition) is 4. The molecule has 1 aliphatic rings. The summed E-state index contributed by atoms with van der Waals surface area (Å²) in [6.07, 6.45) is 0. The van der Waals surface area contributed by atoms with Crippen LogP contribution in [-0.2, 0) is 14.4 Å². The molecule has 5 nitrogen and oxygen atoms in total. The van der Waals surface area contributed by atoms with E-state index in [0.29, 0.717) is 6.61 Å². The highest BCUT2D eigenvalue weighted by Crippen LogP contribution is 2.03. The van der Waals surface area contributed by atoms with Gasteiger partial charge in [-0.3, -0.25) is 9.63 Å². The monoisotopic (exact) mass is 184 g/mol. The molecule has 1 rings (SSSR count). The van der Waals surface area contributed by atoms with Gasteiger partial charge < -0.3 is 10.5 Å². The predicted octanol–water partition coefficient (Wildman–Crippen LogP) is -1.26. The van der Waals surface area contributed by atoms with Crippen LogP contribution in [0.25, 0.3) is 0 Å². The predicted molar refractivity (Wildman–Crippen MR) is 45.3 cm³/mol. The number of ether oxygens (including phenoxy) is 1. The summed E-state index contributed by atoms with van der Waals surface area (Å²) in [6, 6.07) is -0.538. The number of carbonyl (C=O) groups excluding carboxylic acids is 1. The van der Waals surface area contributed by atoms with E-state index < -0.39 is 6.04 Å². The van der Waals surface area contributed by atoms with Gasteiger partial charge in [-0.15, -0.1) is 0 Å². The molecule has 5 heteroatoms. The van der Waals surface area contributed by atoms with Gasteiger partial charge in [-0.25, -0.2) is 5.06 Å². The molecule has 72 valence electrons. The number of rotatable bonds is 2. The maximum atomic E-state index is 11.1. The van der Waals surface area contributed by atoms with E-state index in [9.17, 15) is 4.79 Å². The zero-order valence-corrected chi connectivity index (χ0v) is 7.45. The fourth-order valence-electron chi connectivity index (χ4n) is 0.865. The molecule has 0 saturated carbocycles. The summed E-state index contributed by atoms with van der Waals surface area (Å²) in [7, 11) is 1.56. The van der Waals surface area contributed by atoms with E-state index in [0.717, 1.165) is 0 Å². The summed E-state index contributed by atoms with van der Waals surface area (Å²) in [4.78, 5) is 16.1. The van der Waals surface area contributed by atoms with E-state index >= 15 is 0 Å². The first-order valence-corrected chi connectivity index (χ1v) is 3.90. The van der Waals surface area contributed by atoms with Crippen LogP contribution in [0.2, 0.25) is 0 Å². The molecule has 1 saturated heterocycles. The minimum atomic E-state index is -0.538. The molecule has 13 heavy (non-hydrogen) atoms. The smallest absolute Gasteiger partial charge is 0.266 e. The van der Waals surface area contributed by atoms with Crippen LogP contribution in [0.1, 0.15) is 0 Å². The molecular formula is C8H12N2O3. The maximum Gasteiger partial charge on any atom is 0.266 e. The summed E-state index contributed by atoms with van der Waals surface area (Å²) in [6.45, 7) is 0.842. The third-order valence-electron chi connectivity index (χ3n) is 1.54. The molecule has 1 aliphatic heterocycles. The van der Waals surface area contributed by atoms with Gasteiger partial charge in [-0.05, 0) is 0 Å². The third kappa shape index (κ3) is 2.70. The van der Waals surface area contributed by atoms with Crippen LogP contribution in [0.5, 0.6) is 0 Å². The molecule has 0 radical (unpaired) electrons. The lowest BCUT2D eigenvalue weighted by molar-refractivity contribution is -0.158. The van der Waals surface area contributed by atoms with Gasteiger partial charge >= 0.3 is 0 Å². The first kappa shape index (κ1) is 9.99. The van der Waals surface area contributed by atoms with Crippen molar-refractivity contribution in [2.45, 2.75) is 6.04 Å². The number of hydrogen-bond donors (Lipinski definition) is 1. The van der Waals surface area contributed by atoms with E-state index in [1.807, 2.05) is 0 Å². The van der Waals surface area contributed by atoms with Gasteiger partial charge in [0.15, 0.2) is 0 Å². The fourth-order valence-corrected chi connectivity index (χ4v) is 0.865. The molecule has 1 fully saturated rings. The van der Waals surface area contributed by atoms with Gasteiger partial charge in [0.05, 0.1) is 6.61 Å². The van der Waals surface area contributed by atoms with Crippen LogP contribution in [0, 0.1) is 11.8 Å². The number of hydroxylamine groups is 2. The maximum absolute atomic E-state index is 11.1. The molecule has 0 aromatic rings. The lowest BCUT2D eigenvalue weighted by atomic mass is 10.3. The molecular weight excluding hydrogens is 172 g/mol. The van der Waals surface area contributed by atoms with Crippen molar-refractivity contribution in [2.75, 3.05) is 26.9 Å². The summed E-state index contributed by atoms with van der Waals surface area (Å²) >= 11 is 0. The van der Waals surface area contributed by atoms with Gasteiger partial charge in [0.1, 0.15) is 19.2 Å². The minimum absolute atomic E-state index is 0.216. The van der Waals surface area contributed by atoms with E-state index in [2.05, 4.69) is 11.8 Å². The van der Waals surface area contributed by atoms with Crippen LogP contribution >= 0.6 is 0 Å². The molecule has 0 aromatic carbocycles. The molecule has 1 amide bonds. The van der Waals surface area contributed by atoms with Crippen molar-refractivity contribution < 1.29 is 14.4 Å². The molecule has 2 N–H and O–H groups in total. The molecule has 0 spiro atoms. The van der Waals surface area contributed by atoms with Gasteiger partial charge in [-0.2, -0.15) is 0 Å². The Balaban J connectivity index is 2.31. The Labute approximate surface area is 76.7 Å². The highest BCUT2D eigenvalue weighted by atomic mass is 16.7. The number of methoxy groups -OCH3 is 1. The van der Waals surface area contributed by atoms with Gasteiger partial charge in [0.2, 0.25) is 0 Å². The average Bonchev–Trinajstić information content (AvgIpc) is 2.43. The topological polar surface area (TPSA) is 64.8 Å². The van der Waals surface area contributed by atoms with Gasteiger partial charge in [-0.1, -0.05) is 11.8 Å². The standard InChI is InChI=1S/C8H12N2O3/c1-12-5-3-2-4-10-8(11)7(9)6-13-10/h7H,4-6,9H2,1H3. The number of amides is 1. The highest BCUT2D eigenvalue weighted by molar-refractivity contribution is 5.82. The van der Waals surface area contributed by atoms with Crippen LogP contribution in [-0.4, -0.2) is 43.9 Å². The Kier molecular flexibility index (Phi) is 3.71. The van der Waals surface area contributed by atoms with Crippen molar-refractivity contribution in [1.29, 1.82) is 0 Å². The van der Waals surface area contributed by atoms with Crippen molar-refractivity contribution >= 4 is 5.91 Å². The van der Waals surface area contributed by atoms with E-state index in [1.165, 1.54) is 5.06 Å². The second kappa shape index (κ2) is 4.82. The molecule has 0 bridgehead atoms. The average molecular weight is 184 g/mol. The number of carbonyl (C=O) groups is 1. The molecule has 1 unspecified atom stereocenters. The van der Waals surface area contributed by atoms with Crippen molar-refractivity contribution in [3.8, 4) is 11.8 Å². The first-order chi connectivity index (χ1) is 6.25. The largest absolute Gasteiger partial charge is 0.372 e. The second-order valence-electron chi connectivity index (χ2n) is 2.56. The SMILES string of the molecule is COCC#CCN1OCC(N)C1=O. The Morgan fingerprint density at radius 2 is 2.54 bits per heavy atom. The van der Waals surface area contributed by atoms with Crippen LogP contribution < -0.4 is 5.73 Å². The summed E-state index contributed by atoms with van der Waals surface area (Å²) in [5.74, 6) is 5.22. The molecule has 1 heterocycles. The van der Waals surface area contributed by atoms with E-state index in [-0.39, 0.29) is 19.1 Å². The molecule has 0 aliphatic carbocycles. The lowest BCUT2D eigenvalue weighted by Gasteiger charge is -2.08. The lowest BCUT2D eigenvalue weighted by Crippen LogP contribution is -2.34. The fraction of sp³-hybridized carbons (Fsp3) is 0.625. The minimum Gasteiger partial charge on any atom is -0.372 e. The first-order valence-electron chi connectivity index (χ1n) is 3.90. The van der Waals surface area contributed by atoms with Gasteiger partial charge in [0.25, 0.3) is 5.91 Å². The summed E-state index contributed by atoms with van der Waals surface area (Å²) in [5.41, 5.74) is 5.41. The van der Waals surface area contributed by atoms with Crippen molar-refractivity contribution in [3.05, 3.63) is 0 Å². The van der Waals surface area contributed by atoms with Crippen molar-refractivity contribution in [1.82, 2.24) is 5.06 Å². The Morgan fingerprint density at radius 3 is 3.08 bits per heavy atom. The highest BCUT2D eigenvalue weighted by Gasteiger charge is 2.29. The van der Waals surface area contributed by atoms with Crippen LogP contribution in [0.4, 0.5) is 0 Å². The van der Waals surface area contributed by atoms with Gasteiger partial charge in [0, 0.05) is 7.11 Å². The van der Waals surface area contributed by atoms with Crippen molar-refractivity contribution in [3.63, 3.8) is 0 Å². The van der Waals surface area contributed by atoms with Crippen LogP contribution in [0.3, 0.4) is 0 Å². The Morgan fingerprint density at radius 1 is 1.77 bits per heavy atom. The summed E-state index contributed by atoms with van der Waals surface area (Å²) in [5, 5.41) is 1.17. The van der Waals surface area contributed by atoms with E-state index in [4.69, 9.17) is 15.3 Å². The number of nitrogens with zero attached hydrogens (tertiary/aromatic N) is 1. The zero-order chi connectivity index (χ0) is 9.68. The quantitative estimate of drug-likeness (QED) is 0.544. The van der Waals surface area contributed by atoms with Crippen LogP contribution in [0.15, 0.2) is 0 Å².